The molecule has 146 valence electrons. The normalized spacial score (nSPS) is 12.1. The second-order valence-corrected chi connectivity index (χ2v) is 7.49. The summed E-state index contributed by atoms with van der Waals surface area (Å²) in [6.45, 7) is 3.86. The van der Waals surface area contributed by atoms with Crippen molar-refractivity contribution in [3.63, 3.8) is 0 Å². The van der Waals surface area contributed by atoms with Gasteiger partial charge in [0.15, 0.2) is 0 Å². The number of benzene rings is 2. The number of aromatic nitrogens is 4. The van der Waals surface area contributed by atoms with Crippen LogP contribution in [0.25, 0.3) is 22.9 Å². The first-order chi connectivity index (χ1) is 14.0. The average Bonchev–Trinajstić information content (AvgIpc) is 3.38. The number of nitro groups is 1. The standard InChI is InChI=1S/C19H15N5O4S/c1-11-5-3-4-6-15(11)18-22-23-19(28-18)29-12(2)16-20-21-17(27-16)13-7-9-14(10-8-13)24(25)26/h3-10,12H,1-2H3/t12-/m0/s1. The maximum atomic E-state index is 10.8. The van der Waals surface area contributed by atoms with Crippen LogP contribution in [0.5, 0.6) is 0 Å². The molecule has 0 spiro atoms. The number of nitrogens with zero attached hydrogens (tertiary/aromatic N) is 5. The lowest BCUT2D eigenvalue weighted by molar-refractivity contribution is -0.384. The highest BCUT2D eigenvalue weighted by molar-refractivity contribution is 7.99. The van der Waals surface area contributed by atoms with Gasteiger partial charge in [0.1, 0.15) is 0 Å². The Balaban J connectivity index is 1.48. The van der Waals surface area contributed by atoms with E-state index in [2.05, 4.69) is 20.4 Å². The van der Waals surface area contributed by atoms with Crippen LogP contribution >= 0.6 is 11.8 Å². The molecule has 0 N–H and O–H groups in total. The zero-order chi connectivity index (χ0) is 20.4. The molecule has 0 amide bonds. The van der Waals surface area contributed by atoms with Crippen LogP contribution < -0.4 is 0 Å². The highest BCUT2D eigenvalue weighted by atomic mass is 32.2. The molecule has 29 heavy (non-hydrogen) atoms. The molecule has 0 radical (unpaired) electrons. The van der Waals surface area contributed by atoms with Crippen LogP contribution in [0.15, 0.2) is 62.6 Å². The molecule has 2 aromatic heterocycles. The molecule has 0 saturated carbocycles. The molecule has 1 atom stereocenters. The van der Waals surface area contributed by atoms with Crippen LogP contribution in [-0.4, -0.2) is 25.3 Å². The Bertz CT molecular complexity index is 1160. The minimum Gasteiger partial charge on any atom is -0.419 e. The lowest BCUT2D eigenvalue weighted by Crippen LogP contribution is -1.88. The molecule has 9 nitrogen and oxygen atoms in total. The van der Waals surface area contributed by atoms with Gasteiger partial charge in [-0.2, -0.15) is 0 Å². The van der Waals surface area contributed by atoms with Crippen LogP contribution in [0.4, 0.5) is 5.69 Å². The van der Waals surface area contributed by atoms with E-state index in [0.29, 0.717) is 22.6 Å². The van der Waals surface area contributed by atoms with Gasteiger partial charge in [-0.15, -0.1) is 20.4 Å². The van der Waals surface area contributed by atoms with Crippen molar-refractivity contribution in [2.24, 2.45) is 0 Å². The molecule has 2 heterocycles. The summed E-state index contributed by atoms with van der Waals surface area (Å²) in [6, 6.07) is 13.7. The molecule has 0 aliphatic heterocycles. The minimum atomic E-state index is -0.461. The molecule has 0 bridgehead atoms. The van der Waals surface area contributed by atoms with Crippen LogP contribution in [0.3, 0.4) is 0 Å². The van der Waals surface area contributed by atoms with Crippen molar-refractivity contribution in [2.75, 3.05) is 0 Å². The lowest BCUT2D eigenvalue weighted by atomic mass is 10.1. The topological polar surface area (TPSA) is 121 Å². The third-order valence-electron chi connectivity index (χ3n) is 4.17. The fourth-order valence-electron chi connectivity index (χ4n) is 2.62. The number of rotatable bonds is 6. The van der Waals surface area contributed by atoms with Gasteiger partial charge >= 0.3 is 0 Å². The van der Waals surface area contributed by atoms with Crippen molar-refractivity contribution in [1.82, 2.24) is 20.4 Å². The molecule has 0 aliphatic carbocycles. The largest absolute Gasteiger partial charge is 0.419 e. The smallest absolute Gasteiger partial charge is 0.277 e. The third kappa shape index (κ3) is 4.02. The van der Waals surface area contributed by atoms with Crippen molar-refractivity contribution in [3.8, 4) is 22.9 Å². The average molecular weight is 409 g/mol. The SMILES string of the molecule is Cc1ccccc1-c1nnc(S[C@@H](C)c2nnc(-c3ccc([N+](=O)[O-])cc3)o2)o1. The minimum absolute atomic E-state index is 0.00161. The summed E-state index contributed by atoms with van der Waals surface area (Å²) >= 11 is 1.31. The second-order valence-electron chi connectivity index (χ2n) is 6.20. The molecule has 2 aromatic carbocycles. The summed E-state index contributed by atoms with van der Waals surface area (Å²) < 4.78 is 11.5. The van der Waals surface area contributed by atoms with Gasteiger partial charge in [-0.3, -0.25) is 10.1 Å². The van der Waals surface area contributed by atoms with E-state index >= 15 is 0 Å². The predicted molar refractivity (Wildman–Crippen MR) is 105 cm³/mol. The van der Waals surface area contributed by atoms with Crippen molar-refractivity contribution in [1.29, 1.82) is 0 Å². The number of aryl methyl sites for hydroxylation is 1. The lowest BCUT2D eigenvalue weighted by Gasteiger charge is -2.02. The van der Waals surface area contributed by atoms with Crippen LogP contribution in [0, 0.1) is 17.0 Å². The van der Waals surface area contributed by atoms with Crippen molar-refractivity contribution in [2.45, 2.75) is 24.3 Å². The fraction of sp³-hybridized carbons (Fsp3) is 0.158. The van der Waals surface area contributed by atoms with Gasteiger partial charge < -0.3 is 8.83 Å². The van der Waals surface area contributed by atoms with E-state index in [0.717, 1.165) is 11.1 Å². The van der Waals surface area contributed by atoms with Gasteiger partial charge in [-0.25, -0.2) is 0 Å². The predicted octanol–water partition coefficient (Wildman–Crippen LogP) is 4.86. The maximum Gasteiger partial charge on any atom is 0.277 e. The van der Waals surface area contributed by atoms with Gasteiger partial charge in [-0.1, -0.05) is 30.0 Å². The zero-order valence-electron chi connectivity index (χ0n) is 15.5. The molecule has 0 unspecified atom stereocenters. The first-order valence-corrected chi connectivity index (χ1v) is 9.53. The van der Waals surface area contributed by atoms with E-state index in [1.165, 1.54) is 23.9 Å². The van der Waals surface area contributed by atoms with Gasteiger partial charge in [0.05, 0.1) is 10.2 Å². The van der Waals surface area contributed by atoms with Crippen LogP contribution in [-0.2, 0) is 0 Å². The van der Waals surface area contributed by atoms with Gasteiger partial charge in [0, 0.05) is 23.3 Å². The molecule has 4 aromatic rings. The summed E-state index contributed by atoms with van der Waals surface area (Å²) in [4.78, 5) is 10.3. The number of hydrogen-bond acceptors (Lipinski definition) is 9. The Morgan fingerprint density at radius 3 is 2.41 bits per heavy atom. The Morgan fingerprint density at radius 2 is 1.69 bits per heavy atom. The van der Waals surface area contributed by atoms with E-state index in [1.54, 1.807) is 12.1 Å². The first-order valence-electron chi connectivity index (χ1n) is 8.65. The number of non-ortho nitro benzene ring substituents is 1. The molecule has 0 aliphatic rings. The molecular weight excluding hydrogens is 394 g/mol. The second kappa shape index (κ2) is 7.84. The van der Waals surface area contributed by atoms with Crippen LogP contribution in [0.2, 0.25) is 0 Å². The van der Waals surface area contributed by atoms with E-state index in [9.17, 15) is 10.1 Å². The summed E-state index contributed by atoms with van der Waals surface area (Å²) in [7, 11) is 0. The zero-order valence-corrected chi connectivity index (χ0v) is 16.3. The van der Waals surface area contributed by atoms with E-state index in [-0.39, 0.29) is 16.8 Å². The van der Waals surface area contributed by atoms with Crippen molar-refractivity contribution in [3.05, 3.63) is 70.1 Å². The third-order valence-corrected chi connectivity index (χ3v) is 5.09. The van der Waals surface area contributed by atoms with E-state index < -0.39 is 4.92 Å². The Labute approximate surface area is 169 Å². The van der Waals surface area contributed by atoms with Crippen molar-refractivity contribution < 1.29 is 13.8 Å². The monoisotopic (exact) mass is 409 g/mol. The van der Waals surface area contributed by atoms with Crippen molar-refractivity contribution >= 4 is 17.4 Å². The molecule has 4 rings (SSSR count). The maximum absolute atomic E-state index is 10.8. The number of nitro benzene ring substituents is 1. The van der Waals surface area contributed by atoms with E-state index in [1.807, 2.05) is 38.1 Å². The van der Waals surface area contributed by atoms with Gasteiger partial charge in [-0.05, 0) is 37.6 Å². The molecule has 0 saturated heterocycles. The van der Waals surface area contributed by atoms with Gasteiger partial charge in [0.25, 0.3) is 10.9 Å². The first kappa shape index (κ1) is 18.8. The van der Waals surface area contributed by atoms with Gasteiger partial charge in [0.2, 0.25) is 17.7 Å². The molecule has 0 fully saturated rings. The summed E-state index contributed by atoms with van der Waals surface area (Å²) in [5.41, 5.74) is 2.53. The highest BCUT2D eigenvalue weighted by Gasteiger charge is 2.20. The summed E-state index contributed by atoms with van der Waals surface area (Å²) in [5, 5.41) is 27.2. The summed E-state index contributed by atoms with van der Waals surface area (Å²) in [5.74, 6) is 1.13. The quantitative estimate of drug-likeness (QED) is 0.250. The number of hydrogen-bond donors (Lipinski definition) is 0. The van der Waals surface area contributed by atoms with E-state index in [4.69, 9.17) is 8.83 Å². The summed E-state index contributed by atoms with van der Waals surface area (Å²) in [6.07, 6.45) is 0. The number of thioether (sulfide) groups is 1. The van der Waals surface area contributed by atoms with Crippen LogP contribution in [0.1, 0.15) is 23.6 Å². The Hall–Kier alpha value is -3.53. The molecular formula is C19H15N5O4S. The Morgan fingerprint density at radius 1 is 0.966 bits per heavy atom. The Kier molecular flexibility index (Phi) is 5.09. The molecule has 10 heteroatoms. The fourth-order valence-corrected chi connectivity index (χ4v) is 3.34. The highest BCUT2D eigenvalue weighted by Crippen LogP contribution is 2.36.